The summed E-state index contributed by atoms with van der Waals surface area (Å²) in [6, 6.07) is 6.06. The number of aromatic amines is 1. The van der Waals surface area contributed by atoms with Crippen molar-refractivity contribution < 1.29 is 14.2 Å². The quantitative estimate of drug-likeness (QED) is 0.686. The molecule has 7 nitrogen and oxygen atoms in total. The average Bonchev–Trinajstić information content (AvgIpc) is 3.22. The molecule has 1 N–H and O–H groups in total. The largest absolute Gasteiger partial charge is 0.491 e. The molecule has 0 saturated carbocycles. The molecule has 0 saturated heterocycles. The fourth-order valence-corrected chi connectivity index (χ4v) is 2.77. The van der Waals surface area contributed by atoms with Gasteiger partial charge in [0.15, 0.2) is 0 Å². The average molecular weight is 328 g/mol. The van der Waals surface area contributed by atoms with Gasteiger partial charge in [0.25, 0.3) is 0 Å². The lowest BCUT2D eigenvalue weighted by Gasteiger charge is -2.13. The van der Waals surface area contributed by atoms with Gasteiger partial charge in [-0.15, -0.1) is 0 Å². The van der Waals surface area contributed by atoms with Crippen molar-refractivity contribution in [2.24, 2.45) is 0 Å². The van der Waals surface area contributed by atoms with E-state index in [2.05, 4.69) is 22.2 Å². The fourth-order valence-electron chi connectivity index (χ4n) is 2.77. The van der Waals surface area contributed by atoms with Crippen molar-refractivity contribution >= 4 is 10.9 Å². The zero-order valence-electron chi connectivity index (χ0n) is 13.6. The van der Waals surface area contributed by atoms with Gasteiger partial charge in [-0.3, -0.25) is 9.78 Å². The maximum atomic E-state index is 5.76. The second-order valence-electron chi connectivity index (χ2n) is 5.87. The molecule has 1 aromatic carbocycles. The first-order valence-electron chi connectivity index (χ1n) is 8.12. The molecule has 0 spiro atoms. The van der Waals surface area contributed by atoms with Gasteiger partial charge in [-0.25, -0.2) is 0 Å². The summed E-state index contributed by atoms with van der Waals surface area (Å²) in [7, 11) is 0. The topological polar surface area (TPSA) is 74.2 Å². The molecular weight excluding hydrogens is 308 g/mol. The molecule has 3 heterocycles. The summed E-state index contributed by atoms with van der Waals surface area (Å²) in [5, 5.41) is 13.0. The Bertz CT molecular complexity index is 826. The lowest BCUT2D eigenvalue weighted by molar-refractivity contribution is 0.0267. The van der Waals surface area contributed by atoms with Crippen LogP contribution >= 0.6 is 0 Å². The van der Waals surface area contributed by atoms with Crippen molar-refractivity contribution in [1.82, 2.24) is 20.0 Å². The van der Waals surface area contributed by atoms with E-state index in [1.165, 1.54) is 0 Å². The molecule has 126 valence electrons. The summed E-state index contributed by atoms with van der Waals surface area (Å²) < 4.78 is 18.8. The van der Waals surface area contributed by atoms with Crippen LogP contribution in [0.15, 0.2) is 30.6 Å². The molecule has 3 aromatic rings. The third-order valence-electron chi connectivity index (χ3n) is 4.09. The van der Waals surface area contributed by atoms with Crippen molar-refractivity contribution in [2.75, 3.05) is 33.0 Å². The molecule has 0 fully saturated rings. The number of nitrogens with one attached hydrogen (secondary N) is 1. The SMILES string of the molecule is C[C@@H]1COCCOCCOc2ccc3[nH]nc(c3c2)-c2cnn1c2. The van der Waals surface area contributed by atoms with Crippen molar-refractivity contribution in [3.63, 3.8) is 0 Å². The monoisotopic (exact) mass is 328 g/mol. The van der Waals surface area contributed by atoms with E-state index in [4.69, 9.17) is 14.2 Å². The van der Waals surface area contributed by atoms with Crippen LogP contribution < -0.4 is 4.74 Å². The fraction of sp³-hybridized carbons (Fsp3) is 0.412. The van der Waals surface area contributed by atoms with Crippen LogP contribution in [0.4, 0.5) is 0 Å². The van der Waals surface area contributed by atoms with Gasteiger partial charge in [-0.05, 0) is 25.1 Å². The summed E-state index contributed by atoms with van der Waals surface area (Å²) in [6.07, 6.45) is 3.83. The Labute approximate surface area is 139 Å². The van der Waals surface area contributed by atoms with Crippen LogP contribution in [0.3, 0.4) is 0 Å². The third kappa shape index (κ3) is 3.00. The van der Waals surface area contributed by atoms with E-state index in [-0.39, 0.29) is 6.04 Å². The van der Waals surface area contributed by atoms with E-state index < -0.39 is 0 Å². The third-order valence-corrected chi connectivity index (χ3v) is 4.09. The van der Waals surface area contributed by atoms with E-state index in [1.54, 1.807) is 0 Å². The number of ether oxygens (including phenoxy) is 3. The lowest BCUT2D eigenvalue weighted by Crippen LogP contribution is -2.16. The highest BCUT2D eigenvalue weighted by atomic mass is 16.5. The zero-order valence-corrected chi connectivity index (χ0v) is 13.6. The van der Waals surface area contributed by atoms with E-state index in [1.807, 2.05) is 35.3 Å². The van der Waals surface area contributed by atoms with Crippen LogP contribution in [0.1, 0.15) is 13.0 Å². The molecule has 0 radical (unpaired) electrons. The van der Waals surface area contributed by atoms with Gasteiger partial charge in [0.1, 0.15) is 18.1 Å². The predicted octanol–water partition coefficient (Wildman–Crippen LogP) is 2.41. The molecule has 2 aromatic heterocycles. The predicted molar refractivity (Wildman–Crippen MR) is 89.2 cm³/mol. The number of hydrogen-bond acceptors (Lipinski definition) is 5. The molecule has 24 heavy (non-hydrogen) atoms. The molecule has 1 aliphatic rings. The van der Waals surface area contributed by atoms with Gasteiger partial charge >= 0.3 is 0 Å². The minimum atomic E-state index is 0.149. The minimum Gasteiger partial charge on any atom is -0.491 e. The molecule has 1 atom stereocenters. The first-order chi connectivity index (χ1) is 11.8. The van der Waals surface area contributed by atoms with Crippen LogP contribution in [0.5, 0.6) is 5.75 Å². The van der Waals surface area contributed by atoms with Crippen molar-refractivity contribution in [2.45, 2.75) is 13.0 Å². The molecule has 0 unspecified atom stereocenters. The first kappa shape index (κ1) is 15.2. The Morgan fingerprint density at radius 3 is 3.00 bits per heavy atom. The smallest absolute Gasteiger partial charge is 0.120 e. The van der Waals surface area contributed by atoms with Crippen LogP contribution in [-0.2, 0) is 9.47 Å². The van der Waals surface area contributed by atoms with Crippen molar-refractivity contribution in [1.29, 1.82) is 0 Å². The second kappa shape index (κ2) is 6.62. The summed E-state index contributed by atoms with van der Waals surface area (Å²) in [5.41, 5.74) is 2.82. The number of benzene rings is 1. The summed E-state index contributed by atoms with van der Waals surface area (Å²) in [5.74, 6) is 0.804. The van der Waals surface area contributed by atoms with Gasteiger partial charge in [-0.2, -0.15) is 10.2 Å². The Hall–Kier alpha value is -2.38. The number of hydrogen-bond donors (Lipinski definition) is 1. The number of nitrogens with zero attached hydrogens (tertiary/aromatic N) is 3. The molecule has 1 aliphatic heterocycles. The van der Waals surface area contributed by atoms with Crippen LogP contribution in [0.2, 0.25) is 0 Å². The summed E-state index contributed by atoms with van der Waals surface area (Å²) in [6.45, 7) is 4.84. The Balaban J connectivity index is 1.72. The van der Waals surface area contributed by atoms with Gasteiger partial charge in [0, 0.05) is 17.1 Å². The highest BCUT2D eigenvalue weighted by molar-refractivity contribution is 5.93. The maximum Gasteiger partial charge on any atom is 0.120 e. The molecular formula is C17H20N4O3. The normalized spacial score (nSPS) is 19.5. The van der Waals surface area contributed by atoms with E-state index >= 15 is 0 Å². The molecule has 4 bridgehead atoms. The van der Waals surface area contributed by atoms with Crippen LogP contribution in [0, 0.1) is 0 Å². The lowest BCUT2D eigenvalue weighted by atomic mass is 10.1. The highest BCUT2D eigenvalue weighted by Gasteiger charge is 2.14. The van der Waals surface area contributed by atoms with E-state index in [0.29, 0.717) is 33.0 Å². The van der Waals surface area contributed by atoms with Crippen LogP contribution in [-0.4, -0.2) is 53.0 Å². The Morgan fingerprint density at radius 2 is 2.04 bits per heavy atom. The van der Waals surface area contributed by atoms with Crippen molar-refractivity contribution in [3.8, 4) is 17.0 Å². The standard InChI is InChI=1S/C17H20N4O3/c1-12-11-23-5-4-22-6-7-24-14-2-3-16-15(8-14)17(20-19-16)13-9-18-21(12)10-13/h2-3,8-10,12H,4-7,11H2,1H3,(H,19,20)/t12-/m1/s1. The van der Waals surface area contributed by atoms with E-state index in [9.17, 15) is 0 Å². The Kier molecular flexibility index (Phi) is 4.18. The number of H-pyrrole nitrogens is 1. The summed E-state index contributed by atoms with van der Waals surface area (Å²) >= 11 is 0. The maximum absolute atomic E-state index is 5.76. The van der Waals surface area contributed by atoms with E-state index in [0.717, 1.165) is 27.9 Å². The van der Waals surface area contributed by atoms with Gasteiger partial charge in [0.2, 0.25) is 0 Å². The second-order valence-corrected chi connectivity index (χ2v) is 5.87. The number of fused-ring (bicyclic) bond motifs is 4. The summed E-state index contributed by atoms with van der Waals surface area (Å²) in [4.78, 5) is 0. The molecule has 4 rings (SSSR count). The number of rotatable bonds is 0. The first-order valence-corrected chi connectivity index (χ1v) is 8.12. The number of aromatic nitrogens is 4. The van der Waals surface area contributed by atoms with Crippen LogP contribution in [0.25, 0.3) is 22.2 Å². The minimum absolute atomic E-state index is 0.149. The molecule has 7 heteroatoms. The van der Waals surface area contributed by atoms with Crippen molar-refractivity contribution in [3.05, 3.63) is 30.6 Å². The highest BCUT2D eigenvalue weighted by Crippen LogP contribution is 2.29. The Morgan fingerprint density at radius 1 is 1.17 bits per heavy atom. The van der Waals surface area contributed by atoms with Gasteiger partial charge in [0.05, 0.1) is 44.2 Å². The molecule has 0 amide bonds. The van der Waals surface area contributed by atoms with Gasteiger partial charge < -0.3 is 14.2 Å². The van der Waals surface area contributed by atoms with Gasteiger partial charge in [-0.1, -0.05) is 0 Å². The zero-order chi connectivity index (χ0) is 16.4. The molecule has 0 aliphatic carbocycles.